The molecule has 43 heavy (non-hydrogen) atoms. The van der Waals surface area contributed by atoms with E-state index in [4.69, 9.17) is 9.16 Å². The van der Waals surface area contributed by atoms with Gasteiger partial charge in [0.15, 0.2) is 25.8 Å². The quantitative estimate of drug-likeness (QED) is 0.162. The van der Waals surface area contributed by atoms with Gasteiger partial charge in [-0.25, -0.2) is 18.2 Å². The SMILES string of the molecule is COc1cc(/C=C2\CC[C@H]3C[C@@H](O[Si](C)(C)C(C)(C)C)C[C@@H](c4cc(F)c(F)c(F)c4)N3C2=O)ccc1-n1cnc(C)c1. The Morgan fingerprint density at radius 3 is 2.37 bits per heavy atom. The van der Waals surface area contributed by atoms with Gasteiger partial charge in [0.1, 0.15) is 5.75 Å². The average molecular weight is 612 g/mol. The van der Waals surface area contributed by atoms with Gasteiger partial charge in [0.05, 0.1) is 30.9 Å². The maximum Gasteiger partial charge on any atom is 0.250 e. The first-order valence-electron chi connectivity index (χ1n) is 14.7. The van der Waals surface area contributed by atoms with Crippen molar-refractivity contribution in [1.82, 2.24) is 14.5 Å². The fraction of sp³-hybridized carbons (Fsp3) is 0.455. The molecule has 2 aromatic carbocycles. The van der Waals surface area contributed by atoms with Crippen molar-refractivity contribution >= 4 is 20.3 Å². The van der Waals surface area contributed by atoms with Crippen LogP contribution in [0.25, 0.3) is 11.8 Å². The highest BCUT2D eigenvalue weighted by molar-refractivity contribution is 6.74. The average Bonchev–Trinajstić information content (AvgIpc) is 3.37. The topological polar surface area (TPSA) is 56.6 Å². The molecule has 0 spiro atoms. The van der Waals surface area contributed by atoms with Crippen molar-refractivity contribution in [3.05, 3.63) is 82.7 Å². The Labute approximate surface area is 252 Å². The van der Waals surface area contributed by atoms with Gasteiger partial charge < -0.3 is 18.6 Å². The summed E-state index contributed by atoms with van der Waals surface area (Å²) in [4.78, 5) is 20.1. The van der Waals surface area contributed by atoms with Crippen molar-refractivity contribution < 1.29 is 27.1 Å². The van der Waals surface area contributed by atoms with Crippen LogP contribution in [0.5, 0.6) is 5.75 Å². The first kappa shape index (κ1) is 31.1. The van der Waals surface area contributed by atoms with E-state index in [1.807, 2.05) is 42.0 Å². The number of hydrogen-bond acceptors (Lipinski definition) is 4. The summed E-state index contributed by atoms with van der Waals surface area (Å²) in [5, 5.41) is -0.0285. The van der Waals surface area contributed by atoms with Crippen LogP contribution in [0.1, 0.15) is 69.3 Å². The number of aryl methyl sites for hydroxylation is 1. The number of halogens is 3. The number of methoxy groups -OCH3 is 1. The smallest absolute Gasteiger partial charge is 0.250 e. The van der Waals surface area contributed by atoms with E-state index in [1.54, 1.807) is 18.3 Å². The van der Waals surface area contributed by atoms with E-state index in [0.29, 0.717) is 37.0 Å². The van der Waals surface area contributed by atoms with Gasteiger partial charge in [-0.2, -0.15) is 0 Å². The lowest BCUT2D eigenvalue weighted by Crippen LogP contribution is -2.55. The standard InChI is InChI=1S/C33H40F3N3O3Si/c1-20-18-38(19-37-20)28-11-8-21(13-30(28)41-5)12-22-9-10-24-16-25(42-43(6,7)33(2,3)4)17-29(39(24)32(22)40)23-14-26(34)31(36)27(35)15-23/h8,11-15,18-19,24-25,29H,9-10,16-17H2,1-7H3/b22-12+/t24-,25+,29-/m0/s1. The van der Waals surface area contributed by atoms with Gasteiger partial charge in [0.2, 0.25) is 0 Å². The van der Waals surface area contributed by atoms with E-state index in [2.05, 4.69) is 38.8 Å². The second kappa shape index (κ2) is 11.6. The third-order valence-corrected chi connectivity index (χ3v) is 13.7. The number of carbonyl (C=O) groups excluding carboxylic acids is 1. The van der Waals surface area contributed by atoms with E-state index >= 15 is 0 Å². The monoisotopic (exact) mass is 611 g/mol. The summed E-state index contributed by atoms with van der Waals surface area (Å²) in [7, 11) is -0.574. The lowest BCUT2D eigenvalue weighted by molar-refractivity contribution is -0.139. The van der Waals surface area contributed by atoms with Crippen LogP contribution in [-0.4, -0.2) is 47.9 Å². The molecule has 0 radical (unpaired) electrons. The Bertz CT molecular complexity index is 1540. The van der Waals surface area contributed by atoms with E-state index in [0.717, 1.165) is 29.1 Å². The molecule has 10 heteroatoms. The summed E-state index contributed by atoms with van der Waals surface area (Å²) in [6, 6.07) is 6.91. The molecule has 1 aromatic heterocycles. The molecule has 0 saturated carbocycles. The van der Waals surface area contributed by atoms with Crippen LogP contribution < -0.4 is 4.74 Å². The molecule has 6 nitrogen and oxygen atoms in total. The van der Waals surface area contributed by atoms with Crippen molar-refractivity contribution in [2.45, 2.75) is 89.7 Å². The molecule has 3 atom stereocenters. The molecule has 2 aliphatic heterocycles. The van der Waals surface area contributed by atoms with Crippen LogP contribution in [0.2, 0.25) is 18.1 Å². The number of piperidine rings is 2. The molecule has 2 saturated heterocycles. The maximum absolute atomic E-state index is 14.5. The van der Waals surface area contributed by atoms with Gasteiger partial charge in [0, 0.05) is 23.9 Å². The first-order valence-corrected chi connectivity index (χ1v) is 17.6. The first-order chi connectivity index (χ1) is 20.2. The fourth-order valence-electron chi connectivity index (χ4n) is 5.93. The second-order valence-electron chi connectivity index (χ2n) is 13.2. The number of amides is 1. The minimum Gasteiger partial charge on any atom is -0.495 e. The highest BCUT2D eigenvalue weighted by Gasteiger charge is 2.46. The van der Waals surface area contributed by atoms with E-state index in [9.17, 15) is 18.0 Å². The predicted octanol–water partition coefficient (Wildman–Crippen LogP) is 7.91. The Morgan fingerprint density at radius 1 is 1.07 bits per heavy atom. The largest absolute Gasteiger partial charge is 0.495 e. The Kier molecular flexibility index (Phi) is 8.39. The van der Waals surface area contributed by atoms with Gasteiger partial charge in [-0.05, 0) is 92.2 Å². The Morgan fingerprint density at radius 2 is 1.77 bits per heavy atom. The Balaban J connectivity index is 1.48. The van der Waals surface area contributed by atoms with Crippen LogP contribution in [0.4, 0.5) is 13.2 Å². The summed E-state index contributed by atoms with van der Waals surface area (Å²) in [5.74, 6) is -3.60. The van der Waals surface area contributed by atoms with Crippen LogP contribution >= 0.6 is 0 Å². The zero-order valence-electron chi connectivity index (χ0n) is 25.9. The van der Waals surface area contributed by atoms with Crippen LogP contribution in [0, 0.1) is 24.4 Å². The molecule has 1 amide bonds. The van der Waals surface area contributed by atoms with Gasteiger partial charge in [-0.3, -0.25) is 4.79 Å². The molecule has 3 heterocycles. The maximum atomic E-state index is 14.5. The summed E-state index contributed by atoms with van der Waals surface area (Å²) in [6.07, 6.45) is 7.53. The molecule has 230 valence electrons. The van der Waals surface area contributed by atoms with Gasteiger partial charge in [0.25, 0.3) is 5.91 Å². The van der Waals surface area contributed by atoms with Crippen molar-refractivity contribution in [2.24, 2.45) is 0 Å². The third kappa shape index (κ3) is 6.17. The van der Waals surface area contributed by atoms with E-state index in [-0.39, 0.29) is 28.7 Å². The van der Waals surface area contributed by atoms with Crippen LogP contribution in [0.3, 0.4) is 0 Å². The molecule has 2 fully saturated rings. The highest BCUT2D eigenvalue weighted by Crippen LogP contribution is 2.45. The van der Waals surface area contributed by atoms with Crippen molar-refractivity contribution in [3.63, 3.8) is 0 Å². The number of imidazole rings is 1. The van der Waals surface area contributed by atoms with Crippen LogP contribution in [0.15, 0.2) is 48.4 Å². The predicted molar refractivity (Wildman–Crippen MR) is 163 cm³/mol. The van der Waals surface area contributed by atoms with Gasteiger partial charge in [-0.1, -0.05) is 26.8 Å². The number of ether oxygens (including phenoxy) is 1. The Hall–Kier alpha value is -3.37. The zero-order valence-corrected chi connectivity index (χ0v) is 26.9. The number of rotatable bonds is 6. The number of aromatic nitrogens is 2. The van der Waals surface area contributed by atoms with Crippen molar-refractivity contribution in [2.75, 3.05) is 7.11 Å². The summed E-state index contributed by atoms with van der Waals surface area (Å²) in [6.45, 7) is 12.7. The molecular formula is C33H40F3N3O3Si. The molecule has 3 aromatic rings. The van der Waals surface area contributed by atoms with Crippen LogP contribution in [-0.2, 0) is 9.22 Å². The van der Waals surface area contributed by atoms with Crippen molar-refractivity contribution in [1.29, 1.82) is 0 Å². The normalized spacial score (nSPS) is 22.2. The lowest BCUT2D eigenvalue weighted by atomic mass is 9.82. The number of benzene rings is 2. The second-order valence-corrected chi connectivity index (χ2v) is 18.0. The molecule has 0 unspecified atom stereocenters. The molecular weight excluding hydrogens is 571 g/mol. The number of nitrogens with zero attached hydrogens (tertiary/aromatic N) is 3. The molecule has 5 rings (SSSR count). The summed E-state index contributed by atoms with van der Waals surface area (Å²) >= 11 is 0. The minimum absolute atomic E-state index is 0.0285. The summed E-state index contributed by atoms with van der Waals surface area (Å²) < 4.78 is 57.2. The minimum atomic E-state index is -2.17. The number of hydrogen-bond donors (Lipinski definition) is 0. The molecule has 0 bridgehead atoms. The van der Waals surface area contributed by atoms with E-state index < -0.39 is 31.8 Å². The molecule has 0 N–H and O–H groups in total. The fourth-order valence-corrected chi connectivity index (χ4v) is 7.31. The lowest BCUT2D eigenvalue weighted by Gasteiger charge is -2.50. The van der Waals surface area contributed by atoms with Gasteiger partial charge >= 0.3 is 0 Å². The number of carbonyl (C=O) groups is 1. The van der Waals surface area contributed by atoms with Crippen molar-refractivity contribution in [3.8, 4) is 11.4 Å². The number of fused-ring (bicyclic) bond motifs is 1. The zero-order chi connectivity index (χ0) is 31.3. The highest BCUT2D eigenvalue weighted by atomic mass is 28.4. The molecule has 2 aliphatic rings. The summed E-state index contributed by atoms with van der Waals surface area (Å²) in [5.41, 5.74) is 3.34. The van der Waals surface area contributed by atoms with Gasteiger partial charge in [-0.15, -0.1) is 0 Å². The third-order valence-electron chi connectivity index (χ3n) is 9.20. The van der Waals surface area contributed by atoms with E-state index in [1.165, 1.54) is 0 Å². The molecule has 0 aliphatic carbocycles.